The minimum absolute atomic E-state index is 0.417. The summed E-state index contributed by atoms with van der Waals surface area (Å²) in [5, 5.41) is 1.30. The number of aromatic nitrogens is 1. The molecule has 3 aromatic rings. The van der Waals surface area contributed by atoms with Gasteiger partial charge in [0.25, 0.3) is 0 Å². The molecule has 0 aliphatic heterocycles. The predicted molar refractivity (Wildman–Crippen MR) is 91.4 cm³/mol. The smallest absolute Gasteiger partial charge is 0.119 e. The Balaban J connectivity index is 1.62. The summed E-state index contributed by atoms with van der Waals surface area (Å²) in [6.07, 6.45) is 5.42. The summed E-state index contributed by atoms with van der Waals surface area (Å²) >= 11 is 0. The maximum absolute atomic E-state index is 6.05. The topological polar surface area (TPSA) is 25.0 Å². The highest BCUT2D eigenvalue weighted by molar-refractivity contribution is 5.90. The molecule has 4 rings (SSSR count). The van der Waals surface area contributed by atoms with Crippen molar-refractivity contribution in [2.24, 2.45) is 0 Å². The lowest BCUT2D eigenvalue weighted by Gasteiger charge is -2.13. The average molecular weight is 291 g/mol. The summed E-state index contributed by atoms with van der Waals surface area (Å²) in [5.41, 5.74) is 4.92. The van der Waals surface area contributed by atoms with E-state index in [2.05, 4.69) is 60.4 Å². The van der Waals surface area contributed by atoms with Crippen molar-refractivity contribution < 1.29 is 4.74 Å². The van der Waals surface area contributed by atoms with Gasteiger partial charge >= 0.3 is 0 Å². The monoisotopic (exact) mass is 291 g/mol. The van der Waals surface area contributed by atoms with Gasteiger partial charge in [0.05, 0.1) is 6.10 Å². The van der Waals surface area contributed by atoms with Crippen LogP contribution in [0, 0.1) is 6.92 Å². The van der Waals surface area contributed by atoms with Gasteiger partial charge in [-0.2, -0.15) is 0 Å². The number of hydrogen-bond donors (Lipinski definition) is 1. The van der Waals surface area contributed by atoms with E-state index in [0.29, 0.717) is 6.10 Å². The van der Waals surface area contributed by atoms with E-state index in [4.69, 9.17) is 4.74 Å². The van der Waals surface area contributed by atoms with Crippen LogP contribution in [0.5, 0.6) is 5.75 Å². The molecule has 0 atom stereocenters. The third-order valence-electron chi connectivity index (χ3n) is 4.71. The lowest BCUT2D eigenvalue weighted by molar-refractivity contribution is 0.210. The molecule has 2 nitrogen and oxygen atoms in total. The first-order valence-electron chi connectivity index (χ1n) is 8.16. The molecule has 1 aliphatic rings. The van der Waals surface area contributed by atoms with Crippen LogP contribution in [0.3, 0.4) is 0 Å². The number of para-hydroxylation sites is 1. The molecule has 1 N–H and O–H groups in total. The zero-order chi connectivity index (χ0) is 14.9. The fourth-order valence-electron chi connectivity index (χ4n) is 3.47. The Labute approximate surface area is 131 Å². The second-order valence-electron chi connectivity index (χ2n) is 6.22. The van der Waals surface area contributed by atoms with Gasteiger partial charge in [0.15, 0.2) is 0 Å². The van der Waals surface area contributed by atoms with Crippen LogP contribution in [0.25, 0.3) is 22.2 Å². The average Bonchev–Trinajstić information content (AvgIpc) is 3.17. The maximum Gasteiger partial charge on any atom is 0.119 e. The summed E-state index contributed by atoms with van der Waals surface area (Å²) in [6.45, 7) is 2.18. The van der Waals surface area contributed by atoms with Gasteiger partial charge in [-0.1, -0.05) is 18.2 Å². The van der Waals surface area contributed by atoms with Crippen LogP contribution >= 0.6 is 0 Å². The SMILES string of the molecule is Cc1c(-c2ccc(OC3CCCC3)cc2)[nH]c2ccccc12. The highest BCUT2D eigenvalue weighted by atomic mass is 16.5. The number of rotatable bonds is 3. The van der Waals surface area contributed by atoms with E-state index < -0.39 is 0 Å². The molecule has 0 unspecified atom stereocenters. The van der Waals surface area contributed by atoms with Crippen molar-refractivity contribution in [3.8, 4) is 17.0 Å². The van der Waals surface area contributed by atoms with E-state index in [0.717, 1.165) is 5.75 Å². The molecular formula is C20H21NO. The minimum Gasteiger partial charge on any atom is -0.490 e. The van der Waals surface area contributed by atoms with Crippen LogP contribution in [-0.4, -0.2) is 11.1 Å². The van der Waals surface area contributed by atoms with Crippen LogP contribution in [0.4, 0.5) is 0 Å². The molecule has 1 saturated carbocycles. The Kier molecular flexibility index (Phi) is 3.38. The maximum atomic E-state index is 6.05. The molecule has 0 amide bonds. The van der Waals surface area contributed by atoms with Gasteiger partial charge in [0, 0.05) is 16.6 Å². The molecule has 1 aliphatic carbocycles. The zero-order valence-corrected chi connectivity index (χ0v) is 12.9. The van der Waals surface area contributed by atoms with E-state index in [1.165, 1.54) is 53.4 Å². The zero-order valence-electron chi connectivity index (χ0n) is 12.9. The molecular weight excluding hydrogens is 270 g/mol. The number of H-pyrrole nitrogens is 1. The largest absolute Gasteiger partial charge is 0.490 e. The van der Waals surface area contributed by atoms with Crippen LogP contribution in [-0.2, 0) is 0 Å². The molecule has 112 valence electrons. The van der Waals surface area contributed by atoms with Crippen LogP contribution < -0.4 is 4.74 Å². The Hall–Kier alpha value is -2.22. The molecule has 1 fully saturated rings. The van der Waals surface area contributed by atoms with Crippen LogP contribution in [0.2, 0.25) is 0 Å². The highest BCUT2D eigenvalue weighted by Gasteiger charge is 2.16. The van der Waals surface area contributed by atoms with Crippen molar-refractivity contribution in [2.75, 3.05) is 0 Å². The number of aromatic amines is 1. The number of nitrogens with one attached hydrogen (secondary N) is 1. The summed E-state index contributed by atoms with van der Waals surface area (Å²) in [5.74, 6) is 0.990. The summed E-state index contributed by atoms with van der Waals surface area (Å²) in [6, 6.07) is 17.0. The second kappa shape index (κ2) is 5.53. The number of benzene rings is 2. The second-order valence-corrected chi connectivity index (χ2v) is 6.22. The van der Waals surface area contributed by atoms with Crippen molar-refractivity contribution >= 4 is 10.9 Å². The lowest BCUT2D eigenvalue weighted by Crippen LogP contribution is -2.10. The third-order valence-corrected chi connectivity index (χ3v) is 4.71. The van der Waals surface area contributed by atoms with Gasteiger partial charge in [0.2, 0.25) is 0 Å². The van der Waals surface area contributed by atoms with Crippen molar-refractivity contribution in [3.63, 3.8) is 0 Å². The highest BCUT2D eigenvalue weighted by Crippen LogP contribution is 2.31. The van der Waals surface area contributed by atoms with Crippen molar-refractivity contribution in [1.29, 1.82) is 0 Å². The van der Waals surface area contributed by atoms with Gasteiger partial charge in [-0.15, -0.1) is 0 Å². The van der Waals surface area contributed by atoms with E-state index in [1.54, 1.807) is 0 Å². The first-order valence-corrected chi connectivity index (χ1v) is 8.16. The van der Waals surface area contributed by atoms with E-state index in [1.807, 2.05) is 0 Å². The predicted octanol–water partition coefficient (Wildman–Crippen LogP) is 5.46. The molecule has 0 saturated heterocycles. The Morgan fingerprint density at radius 3 is 2.41 bits per heavy atom. The van der Waals surface area contributed by atoms with Crippen molar-refractivity contribution in [3.05, 3.63) is 54.1 Å². The fraction of sp³-hybridized carbons (Fsp3) is 0.300. The van der Waals surface area contributed by atoms with Gasteiger partial charge in [-0.3, -0.25) is 0 Å². The Morgan fingerprint density at radius 1 is 0.955 bits per heavy atom. The van der Waals surface area contributed by atoms with Gasteiger partial charge in [-0.05, 0) is 74.1 Å². The minimum atomic E-state index is 0.417. The number of fused-ring (bicyclic) bond motifs is 1. The molecule has 2 heteroatoms. The molecule has 0 spiro atoms. The molecule has 1 heterocycles. The first-order chi connectivity index (χ1) is 10.8. The van der Waals surface area contributed by atoms with Gasteiger partial charge in [0.1, 0.15) is 5.75 Å². The molecule has 0 radical (unpaired) electrons. The Morgan fingerprint density at radius 2 is 1.68 bits per heavy atom. The number of aryl methyl sites for hydroxylation is 1. The molecule has 1 aromatic heterocycles. The number of hydrogen-bond acceptors (Lipinski definition) is 1. The lowest BCUT2D eigenvalue weighted by atomic mass is 10.1. The van der Waals surface area contributed by atoms with E-state index in [9.17, 15) is 0 Å². The summed E-state index contributed by atoms with van der Waals surface area (Å²) < 4.78 is 6.05. The normalized spacial score (nSPS) is 15.5. The van der Waals surface area contributed by atoms with E-state index in [-0.39, 0.29) is 0 Å². The quantitative estimate of drug-likeness (QED) is 0.680. The summed E-state index contributed by atoms with van der Waals surface area (Å²) in [4.78, 5) is 3.53. The van der Waals surface area contributed by atoms with Gasteiger partial charge in [-0.25, -0.2) is 0 Å². The fourth-order valence-corrected chi connectivity index (χ4v) is 3.47. The van der Waals surface area contributed by atoms with Crippen LogP contribution in [0.15, 0.2) is 48.5 Å². The summed E-state index contributed by atoms with van der Waals surface area (Å²) in [7, 11) is 0. The number of ether oxygens (including phenoxy) is 1. The molecule has 22 heavy (non-hydrogen) atoms. The molecule has 2 aromatic carbocycles. The standard InChI is InChI=1S/C20H21NO/c1-14-18-8-4-5-9-19(18)21-20(14)15-10-12-17(13-11-15)22-16-6-2-3-7-16/h4-5,8-13,16,21H,2-3,6-7H2,1H3. The first kappa shape index (κ1) is 13.4. The van der Waals surface area contributed by atoms with Crippen LogP contribution in [0.1, 0.15) is 31.2 Å². The third kappa shape index (κ3) is 2.39. The van der Waals surface area contributed by atoms with Gasteiger partial charge < -0.3 is 9.72 Å². The van der Waals surface area contributed by atoms with Crippen molar-refractivity contribution in [2.45, 2.75) is 38.7 Å². The molecule has 0 bridgehead atoms. The van der Waals surface area contributed by atoms with E-state index >= 15 is 0 Å². The Bertz CT molecular complexity index is 779. The van der Waals surface area contributed by atoms with Crippen molar-refractivity contribution in [1.82, 2.24) is 4.98 Å².